The van der Waals surface area contributed by atoms with Gasteiger partial charge in [-0.05, 0) is 38.3 Å². The van der Waals surface area contributed by atoms with Gasteiger partial charge in [0.15, 0.2) is 0 Å². The predicted octanol–water partition coefficient (Wildman–Crippen LogP) is 2.69. The first-order chi connectivity index (χ1) is 9.82. The zero-order chi connectivity index (χ0) is 13.8. The second-order valence-corrected chi connectivity index (χ2v) is 6.04. The molecule has 0 spiro atoms. The third-order valence-electron chi connectivity index (χ3n) is 4.62. The van der Waals surface area contributed by atoms with Crippen molar-refractivity contribution < 1.29 is 13.9 Å². The number of furan rings is 1. The van der Waals surface area contributed by atoms with Crippen molar-refractivity contribution in [3.05, 3.63) is 24.2 Å². The van der Waals surface area contributed by atoms with E-state index in [0.717, 1.165) is 58.1 Å². The molecule has 0 unspecified atom stereocenters. The highest BCUT2D eigenvalue weighted by molar-refractivity contribution is 5.01. The average Bonchev–Trinajstić information content (AvgIpc) is 2.98. The third kappa shape index (κ3) is 2.92. The van der Waals surface area contributed by atoms with E-state index in [4.69, 9.17) is 13.9 Å². The Morgan fingerprint density at radius 3 is 3.25 bits per heavy atom. The molecule has 2 atom stereocenters. The average molecular weight is 279 g/mol. The summed E-state index contributed by atoms with van der Waals surface area (Å²) in [6, 6.07) is 4.01. The molecule has 0 N–H and O–H groups in total. The van der Waals surface area contributed by atoms with Crippen LogP contribution in [-0.4, -0.2) is 43.9 Å². The van der Waals surface area contributed by atoms with E-state index < -0.39 is 0 Å². The van der Waals surface area contributed by atoms with Crippen LogP contribution in [-0.2, 0) is 16.0 Å². The summed E-state index contributed by atoms with van der Waals surface area (Å²) in [6.45, 7) is 7.62. The second-order valence-electron chi connectivity index (χ2n) is 6.04. The molecule has 0 saturated carbocycles. The molecule has 0 radical (unpaired) electrons. The zero-order valence-corrected chi connectivity index (χ0v) is 12.3. The Kier molecular flexibility index (Phi) is 4.44. The summed E-state index contributed by atoms with van der Waals surface area (Å²) in [6.07, 6.45) is 5.59. The molecule has 4 nitrogen and oxygen atoms in total. The Morgan fingerprint density at radius 2 is 2.45 bits per heavy atom. The maximum atomic E-state index is 6.04. The van der Waals surface area contributed by atoms with E-state index in [1.165, 1.54) is 6.42 Å². The molecule has 1 aromatic heterocycles. The highest BCUT2D eigenvalue weighted by Crippen LogP contribution is 2.40. The van der Waals surface area contributed by atoms with E-state index >= 15 is 0 Å². The fourth-order valence-electron chi connectivity index (χ4n) is 3.66. The van der Waals surface area contributed by atoms with Crippen LogP contribution in [0.3, 0.4) is 0 Å². The standard InChI is InChI=1S/C16H25NO3/c1-2-18-13-16-7-4-10-20-15(16)6-8-17(12-16)11-14-5-3-9-19-14/h3,5,9,15H,2,4,6-8,10-13H2,1H3/t15-,16+/m0/s1. The highest BCUT2D eigenvalue weighted by atomic mass is 16.5. The molecule has 3 heterocycles. The highest BCUT2D eigenvalue weighted by Gasteiger charge is 2.46. The summed E-state index contributed by atoms with van der Waals surface area (Å²) < 4.78 is 17.3. The fraction of sp³-hybridized carbons (Fsp3) is 0.750. The summed E-state index contributed by atoms with van der Waals surface area (Å²) in [5.74, 6) is 1.05. The monoisotopic (exact) mass is 279 g/mol. The van der Waals surface area contributed by atoms with Gasteiger partial charge >= 0.3 is 0 Å². The second kappa shape index (κ2) is 6.29. The van der Waals surface area contributed by atoms with Crippen molar-refractivity contribution in [2.45, 2.75) is 38.8 Å². The minimum Gasteiger partial charge on any atom is -0.468 e. The minimum atomic E-state index is 0.180. The molecule has 2 saturated heterocycles. The van der Waals surface area contributed by atoms with Gasteiger partial charge in [0.25, 0.3) is 0 Å². The van der Waals surface area contributed by atoms with E-state index in [1.54, 1.807) is 6.26 Å². The summed E-state index contributed by atoms with van der Waals surface area (Å²) >= 11 is 0. The largest absolute Gasteiger partial charge is 0.468 e. The van der Waals surface area contributed by atoms with Crippen LogP contribution in [0.2, 0.25) is 0 Å². The van der Waals surface area contributed by atoms with Crippen LogP contribution in [0.1, 0.15) is 31.9 Å². The van der Waals surface area contributed by atoms with Crippen LogP contribution in [0.5, 0.6) is 0 Å². The van der Waals surface area contributed by atoms with Gasteiger partial charge in [-0.2, -0.15) is 0 Å². The van der Waals surface area contributed by atoms with E-state index in [-0.39, 0.29) is 5.41 Å². The molecular weight excluding hydrogens is 254 g/mol. The van der Waals surface area contributed by atoms with Crippen LogP contribution in [0.15, 0.2) is 22.8 Å². The van der Waals surface area contributed by atoms with Crippen LogP contribution in [0.4, 0.5) is 0 Å². The van der Waals surface area contributed by atoms with Gasteiger partial charge in [-0.1, -0.05) is 0 Å². The van der Waals surface area contributed by atoms with Crippen molar-refractivity contribution >= 4 is 0 Å². The summed E-state index contributed by atoms with van der Waals surface area (Å²) in [4.78, 5) is 2.49. The Labute approximate surface area is 121 Å². The first-order valence-corrected chi connectivity index (χ1v) is 7.76. The number of hydrogen-bond acceptors (Lipinski definition) is 4. The molecule has 2 fully saturated rings. The number of piperidine rings is 1. The van der Waals surface area contributed by atoms with Gasteiger partial charge in [0.2, 0.25) is 0 Å². The number of rotatable bonds is 5. The Hall–Kier alpha value is -0.840. The fourth-order valence-corrected chi connectivity index (χ4v) is 3.66. The molecule has 0 amide bonds. The van der Waals surface area contributed by atoms with E-state index in [9.17, 15) is 0 Å². The van der Waals surface area contributed by atoms with Crippen molar-refractivity contribution in [3.63, 3.8) is 0 Å². The molecule has 2 aliphatic rings. The number of hydrogen-bond donors (Lipinski definition) is 0. The van der Waals surface area contributed by atoms with Gasteiger partial charge in [0.05, 0.1) is 25.5 Å². The van der Waals surface area contributed by atoms with Crippen LogP contribution in [0.25, 0.3) is 0 Å². The van der Waals surface area contributed by atoms with Gasteiger partial charge in [-0.25, -0.2) is 0 Å². The Bertz CT molecular complexity index is 406. The van der Waals surface area contributed by atoms with E-state index in [2.05, 4.69) is 17.9 Å². The maximum Gasteiger partial charge on any atom is 0.117 e. The van der Waals surface area contributed by atoms with Gasteiger partial charge in [-0.3, -0.25) is 4.90 Å². The van der Waals surface area contributed by atoms with Gasteiger partial charge in [0.1, 0.15) is 5.76 Å². The molecule has 20 heavy (non-hydrogen) atoms. The van der Waals surface area contributed by atoms with Gasteiger partial charge < -0.3 is 13.9 Å². The van der Waals surface area contributed by atoms with Gasteiger partial charge in [0, 0.05) is 31.7 Å². The summed E-state index contributed by atoms with van der Waals surface area (Å²) in [5, 5.41) is 0. The third-order valence-corrected chi connectivity index (χ3v) is 4.62. The molecule has 0 bridgehead atoms. The number of ether oxygens (including phenoxy) is 2. The molecule has 0 aliphatic carbocycles. The number of fused-ring (bicyclic) bond motifs is 1. The number of likely N-dealkylation sites (tertiary alicyclic amines) is 1. The molecule has 3 rings (SSSR count). The normalized spacial score (nSPS) is 31.1. The lowest BCUT2D eigenvalue weighted by atomic mass is 9.73. The summed E-state index contributed by atoms with van der Waals surface area (Å²) in [5.41, 5.74) is 0.180. The quantitative estimate of drug-likeness (QED) is 0.830. The minimum absolute atomic E-state index is 0.180. The van der Waals surface area contributed by atoms with E-state index in [0.29, 0.717) is 6.10 Å². The maximum absolute atomic E-state index is 6.04. The van der Waals surface area contributed by atoms with E-state index in [1.807, 2.05) is 6.07 Å². The first-order valence-electron chi connectivity index (χ1n) is 7.76. The Morgan fingerprint density at radius 1 is 1.50 bits per heavy atom. The lowest BCUT2D eigenvalue weighted by Gasteiger charge is -2.50. The molecule has 2 aliphatic heterocycles. The first kappa shape index (κ1) is 14.1. The molecule has 112 valence electrons. The molecule has 1 aromatic rings. The molecule has 4 heteroatoms. The Balaban J connectivity index is 1.68. The van der Waals surface area contributed by atoms with Gasteiger partial charge in [-0.15, -0.1) is 0 Å². The smallest absolute Gasteiger partial charge is 0.117 e. The van der Waals surface area contributed by atoms with Crippen molar-refractivity contribution in [1.82, 2.24) is 4.90 Å². The summed E-state index contributed by atoms with van der Waals surface area (Å²) in [7, 11) is 0. The van der Waals surface area contributed by atoms with Crippen LogP contribution >= 0.6 is 0 Å². The number of nitrogens with zero attached hydrogens (tertiary/aromatic N) is 1. The van der Waals surface area contributed by atoms with Crippen LogP contribution < -0.4 is 0 Å². The topological polar surface area (TPSA) is 34.8 Å². The molecular formula is C16H25NO3. The lowest BCUT2D eigenvalue weighted by Crippen LogP contribution is -2.56. The molecule has 0 aromatic carbocycles. The predicted molar refractivity (Wildman–Crippen MR) is 76.5 cm³/mol. The van der Waals surface area contributed by atoms with Crippen molar-refractivity contribution in [2.75, 3.05) is 32.9 Å². The van der Waals surface area contributed by atoms with Crippen LogP contribution in [0, 0.1) is 5.41 Å². The zero-order valence-electron chi connectivity index (χ0n) is 12.3. The SMILES string of the molecule is CCOC[C@]12CCCO[C@H]1CCN(Cc1ccco1)C2. The van der Waals surface area contributed by atoms with Crippen molar-refractivity contribution in [2.24, 2.45) is 5.41 Å². The van der Waals surface area contributed by atoms with Crippen molar-refractivity contribution in [3.8, 4) is 0 Å². The lowest BCUT2D eigenvalue weighted by molar-refractivity contribution is -0.153. The van der Waals surface area contributed by atoms with Crippen molar-refractivity contribution in [1.29, 1.82) is 0 Å².